The zero-order valence-electron chi connectivity index (χ0n) is 15.0. The number of aryl methyl sites for hydroxylation is 1. The van der Waals surface area contributed by atoms with Crippen LogP contribution in [0, 0.1) is 0 Å². The minimum absolute atomic E-state index is 0.151. The van der Waals surface area contributed by atoms with Crippen molar-refractivity contribution in [1.29, 1.82) is 0 Å². The number of nitrogens with two attached hydrogens (primary N) is 1. The number of hydrogen-bond acceptors (Lipinski definition) is 4. The van der Waals surface area contributed by atoms with Crippen molar-refractivity contribution in [3.8, 4) is 11.4 Å². The number of rotatable bonds is 7. The summed E-state index contributed by atoms with van der Waals surface area (Å²) in [4.78, 5) is 31.0. The second kappa shape index (κ2) is 7.86. The lowest BCUT2D eigenvalue weighted by molar-refractivity contribution is 0.0696. The number of nitrogens with one attached hydrogen (secondary N) is 1. The number of hydrogen-bond donors (Lipinski definition) is 3. The van der Waals surface area contributed by atoms with Crippen LogP contribution in [0.3, 0.4) is 0 Å². The maximum Gasteiger partial charge on any atom is 0.335 e. The minimum Gasteiger partial charge on any atom is -0.478 e. The largest absolute Gasteiger partial charge is 0.478 e. The highest BCUT2D eigenvalue weighted by Gasteiger charge is 2.13. The highest BCUT2D eigenvalue weighted by Crippen LogP contribution is 2.26. The van der Waals surface area contributed by atoms with Crippen LogP contribution in [0.4, 0.5) is 4.79 Å². The Labute approximate surface area is 156 Å². The number of aromatic nitrogens is 3. The fourth-order valence-electron chi connectivity index (χ4n) is 2.94. The van der Waals surface area contributed by atoms with Crippen molar-refractivity contribution in [3.05, 3.63) is 47.9 Å². The Morgan fingerprint density at radius 3 is 2.74 bits per heavy atom. The van der Waals surface area contributed by atoms with E-state index in [4.69, 9.17) is 5.73 Å². The van der Waals surface area contributed by atoms with Gasteiger partial charge in [-0.3, -0.25) is 9.97 Å². The fraction of sp³-hybridized carbons (Fsp3) is 0.263. The van der Waals surface area contributed by atoms with Crippen molar-refractivity contribution in [1.82, 2.24) is 19.9 Å². The third-order valence-electron chi connectivity index (χ3n) is 4.32. The quantitative estimate of drug-likeness (QED) is 0.592. The van der Waals surface area contributed by atoms with Gasteiger partial charge in [-0.05, 0) is 30.2 Å². The van der Waals surface area contributed by atoms with E-state index in [1.807, 2.05) is 12.3 Å². The molecule has 0 unspecified atom stereocenters. The number of pyridine rings is 2. The number of primary amides is 1. The van der Waals surface area contributed by atoms with Crippen LogP contribution in [0.2, 0.25) is 0 Å². The number of carbonyl (C=O) groups excluding carboxylic acids is 1. The molecule has 3 aromatic heterocycles. The molecule has 27 heavy (non-hydrogen) atoms. The van der Waals surface area contributed by atoms with Crippen molar-refractivity contribution in [2.45, 2.75) is 32.9 Å². The smallest absolute Gasteiger partial charge is 0.335 e. The van der Waals surface area contributed by atoms with E-state index in [1.165, 1.54) is 18.3 Å². The first-order valence-electron chi connectivity index (χ1n) is 8.70. The summed E-state index contributed by atoms with van der Waals surface area (Å²) in [5.41, 5.74) is 8.26. The molecule has 0 spiro atoms. The van der Waals surface area contributed by atoms with E-state index in [0.29, 0.717) is 17.9 Å². The molecule has 0 aliphatic rings. The molecule has 0 aliphatic heterocycles. The summed E-state index contributed by atoms with van der Waals surface area (Å²) >= 11 is 0. The average molecular weight is 367 g/mol. The molecule has 140 valence electrons. The Balaban J connectivity index is 2.06. The molecule has 3 aromatic rings. The zero-order chi connectivity index (χ0) is 19.4. The Morgan fingerprint density at radius 1 is 1.26 bits per heavy atom. The summed E-state index contributed by atoms with van der Waals surface area (Å²) in [6, 6.07) is 4.21. The number of carboxylic acids is 1. The molecule has 2 amide bonds. The normalized spacial score (nSPS) is 10.9. The minimum atomic E-state index is -1.02. The summed E-state index contributed by atoms with van der Waals surface area (Å²) in [6.45, 7) is 3.27. The lowest BCUT2D eigenvalue weighted by atomic mass is 10.1. The van der Waals surface area contributed by atoms with Gasteiger partial charge in [0.2, 0.25) is 0 Å². The predicted octanol–water partition coefficient (Wildman–Crippen LogP) is 2.76. The third kappa shape index (κ3) is 4.05. The van der Waals surface area contributed by atoms with E-state index >= 15 is 0 Å². The van der Waals surface area contributed by atoms with Gasteiger partial charge in [0, 0.05) is 30.9 Å². The fourth-order valence-corrected chi connectivity index (χ4v) is 2.94. The van der Waals surface area contributed by atoms with Gasteiger partial charge in [0.05, 0.1) is 28.7 Å². The predicted molar refractivity (Wildman–Crippen MR) is 101 cm³/mol. The molecule has 0 saturated heterocycles. The molecule has 0 atom stereocenters. The molecule has 0 radical (unpaired) electrons. The Kier molecular flexibility index (Phi) is 5.35. The van der Waals surface area contributed by atoms with Gasteiger partial charge >= 0.3 is 12.0 Å². The van der Waals surface area contributed by atoms with E-state index < -0.39 is 12.0 Å². The Bertz CT molecular complexity index is 996. The van der Waals surface area contributed by atoms with Crippen LogP contribution in [0.5, 0.6) is 0 Å². The summed E-state index contributed by atoms with van der Waals surface area (Å²) < 4.78 is 2.11. The van der Waals surface area contributed by atoms with Crippen LogP contribution < -0.4 is 11.1 Å². The van der Waals surface area contributed by atoms with Crippen LogP contribution in [-0.4, -0.2) is 31.6 Å². The van der Waals surface area contributed by atoms with Crippen molar-refractivity contribution >= 4 is 22.9 Å². The average Bonchev–Trinajstić information content (AvgIpc) is 3.01. The summed E-state index contributed by atoms with van der Waals surface area (Å²) in [5, 5.41) is 12.7. The molecule has 4 N–H and O–H groups in total. The van der Waals surface area contributed by atoms with Crippen molar-refractivity contribution in [3.63, 3.8) is 0 Å². The SMILES string of the molecule is CCCCn1cc(CNC(N)=O)c2cc(-c3cc(C(=O)O)ccn3)ncc21. The molecular weight excluding hydrogens is 346 g/mol. The zero-order valence-corrected chi connectivity index (χ0v) is 15.0. The van der Waals surface area contributed by atoms with E-state index in [2.05, 4.69) is 26.8 Å². The molecule has 0 aromatic carbocycles. The topological polar surface area (TPSA) is 123 Å². The van der Waals surface area contributed by atoms with Gasteiger partial charge in [-0.1, -0.05) is 13.3 Å². The van der Waals surface area contributed by atoms with E-state index in [0.717, 1.165) is 35.9 Å². The summed E-state index contributed by atoms with van der Waals surface area (Å²) in [7, 11) is 0. The molecular formula is C19H21N5O3. The number of carboxylic acid groups (broad SMARTS) is 1. The van der Waals surface area contributed by atoms with E-state index in [-0.39, 0.29) is 5.56 Å². The second-order valence-electron chi connectivity index (χ2n) is 6.24. The van der Waals surface area contributed by atoms with Crippen LogP contribution in [-0.2, 0) is 13.1 Å². The van der Waals surface area contributed by atoms with Crippen molar-refractivity contribution in [2.75, 3.05) is 0 Å². The van der Waals surface area contributed by atoms with Gasteiger partial charge in [0.1, 0.15) is 0 Å². The highest BCUT2D eigenvalue weighted by molar-refractivity contribution is 5.90. The van der Waals surface area contributed by atoms with Gasteiger partial charge in [0.15, 0.2) is 0 Å². The van der Waals surface area contributed by atoms with E-state index in [1.54, 1.807) is 6.20 Å². The first-order chi connectivity index (χ1) is 13.0. The van der Waals surface area contributed by atoms with Gasteiger partial charge < -0.3 is 20.7 Å². The van der Waals surface area contributed by atoms with Gasteiger partial charge in [-0.2, -0.15) is 0 Å². The van der Waals surface area contributed by atoms with Crippen molar-refractivity contribution < 1.29 is 14.7 Å². The van der Waals surface area contributed by atoms with Crippen molar-refractivity contribution in [2.24, 2.45) is 5.73 Å². The molecule has 0 saturated carbocycles. The number of aromatic carboxylic acids is 1. The van der Waals surface area contributed by atoms with Gasteiger partial charge in [-0.25, -0.2) is 9.59 Å². The number of carbonyl (C=O) groups is 2. The number of urea groups is 1. The molecule has 8 heteroatoms. The van der Waals surface area contributed by atoms with E-state index in [9.17, 15) is 14.7 Å². The molecule has 3 rings (SSSR count). The second-order valence-corrected chi connectivity index (χ2v) is 6.24. The van der Waals surface area contributed by atoms with Crippen LogP contribution >= 0.6 is 0 Å². The maximum atomic E-state index is 11.2. The molecule has 8 nitrogen and oxygen atoms in total. The molecule has 0 fully saturated rings. The standard InChI is InChI=1S/C19H21N5O3/c1-2-3-6-24-11-13(9-23-19(20)27)14-8-16(22-10-17(14)24)15-7-12(18(25)26)4-5-21-15/h4-5,7-8,10-11H,2-3,6,9H2,1H3,(H,25,26)(H3,20,23,27). The number of unbranched alkanes of at least 4 members (excludes halogenated alkanes) is 1. The highest BCUT2D eigenvalue weighted by atomic mass is 16.4. The first kappa shape index (κ1) is 18.4. The van der Waals surface area contributed by atoms with Crippen LogP contribution in [0.1, 0.15) is 35.7 Å². The first-order valence-corrected chi connectivity index (χ1v) is 8.70. The van der Waals surface area contributed by atoms with Gasteiger partial charge in [0.25, 0.3) is 0 Å². The van der Waals surface area contributed by atoms with Crippen LogP contribution in [0.15, 0.2) is 36.8 Å². The Hall–Kier alpha value is -3.42. The lowest BCUT2D eigenvalue weighted by Crippen LogP contribution is -2.28. The van der Waals surface area contributed by atoms with Crippen LogP contribution in [0.25, 0.3) is 22.3 Å². The molecule has 0 bridgehead atoms. The molecule has 0 aliphatic carbocycles. The lowest BCUT2D eigenvalue weighted by Gasteiger charge is -2.05. The summed E-state index contributed by atoms with van der Waals surface area (Å²) in [6.07, 6.45) is 7.28. The molecule has 3 heterocycles. The number of fused-ring (bicyclic) bond motifs is 1. The third-order valence-corrected chi connectivity index (χ3v) is 4.32. The maximum absolute atomic E-state index is 11.2. The van der Waals surface area contributed by atoms with Gasteiger partial charge in [-0.15, -0.1) is 0 Å². The monoisotopic (exact) mass is 367 g/mol. The number of nitrogens with zero attached hydrogens (tertiary/aromatic N) is 3. The number of amides is 2. The summed E-state index contributed by atoms with van der Waals surface area (Å²) in [5.74, 6) is -1.02. The Morgan fingerprint density at radius 2 is 2.04 bits per heavy atom.